The minimum absolute atomic E-state index is 0.00977. The second kappa shape index (κ2) is 6.79. The van der Waals surface area contributed by atoms with Gasteiger partial charge in [0, 0.05) is 50.4 Å². The first-order valence-corrected chi connectivity index (χ1v) is 9.43. The lowest BCUT2D eigenvalue weighted by Gasteiger charge is -2.38. The number of pyridine rings is 1. The third-order valence-corrected chi connectivity index (χ3v) is 5.86. The molecule has 0 aromatic carbocycles. The second-order valence-electron chi connectivity index (χ2n) is 7.83. The molecule has 0 atom stereocenters. The molecule has 0 unspecified atom stereocenters. The van der Waals surface area contributed by atoms with Gasteiger partial charge in [-0.1, -0.05) is 6.07 Å². The summed E-state index contributed by atoms with van der Waals surface area (Å²) in [7, 11) is 1.78. The molecule has 2 aliphatic heterocycles. The largest absolute Gasteiger partial charge is 0.337 e. The van der Waals surface area contributed by atoms with E-state index in [0.29, 0.717) is 31.7 Å². The van der Waals surface area contributed by atoms with E-state index in [4.69, 9.17) is 0 Å². The van der Waals surface area contributed by atoms with Crippen LogP contribution in [-0.2, 0) is 18.4 Å². The van der Waals surface area contributed by atoms with Crippen LogP contribution in [0.1, 0.15) is 41.1 Å². The molecule has 2 aromatic heterocycles. The lowest BCUT2D eigenvalue weighted by molar-refractivity contribution is -0.128. The van der Waals surface area contributed by atoms with E-state index in [-0.39, 0.29) is 17.2 Å². The summed E-state index contributed by atoms with van der Waals surface area (Å²) in [5.41, 5.74) is 2.50. The van der Waals surface area contributed by atoms with Gasteiger partial charge in [0.05, 0.1) is 12.2 Å². The van der Waals surface area contributed by atoms with Crippen molar-refractivity contribution >= 4 is 11.8 Å². The zero-order valence-corrected chi connectivity index (χ0v) is 15.9. The van der Waals surface area contributed by atoms with Crippen LogP contribution < -0.4 is 0 Å². The fourth-order valence-electron chi connectivity index (χ4n) is 4.27. The highest BCUT2D eigenvalue weighted by molar-refractivity contribution is 5.92. The molecule has 4 heterocycles. The molecule has 2 amide bonds. The molecule has 2 fully saturated rings. The lowest BCUT2D eigenvalue weighted by Crippen LogP contribution is -2.44. The second-order valence-corrected chi connectivity index (χ2v) is 7.83. The number of piperidine rings is 1. The van der Waals surface area contributed by atoms with Crippen LogP contribution in [-0.4, -0.2) is 56.0 Å². The van der Waals surface area contributed by atoms with Crippen molar-refractivity contribution in [3.05, 3.63) is 47.5 Å². The number of hydrogen-bond acceptors (Lipinski definition) is 4. The Morgan fingerprint density at radius 3 is 2.67 bits per heavy atom. The van der Waals surface area contributed by atoms with Gasteiger partial charge in [-0.05, 0) is 38.0 Å². The predicted octanol–water partition coefficient (Wildman–Crippen LogP) is 1.78. The van der Waals surface area contributed by atoms with Gasteiger partial charge in [-0.15, -0.1) is 0 Å². The van der Waals surface area contributed by atoms with E-state index >= 15 is 0 Å². The summed E-state index contributed by atoms with van der Waals surface area (Å²) < 4.78 is 1.61. The van der Waals surface area contributed by atoms with Crippen molar-refractivity contribution in [2.75, 3.05) is 19.6 Å². The molecule has 0 bridgehead atoms. The van der Waals surface area contributed by atoms with E-state index in [2.05, 4.69) is 10.1 Å². The van der Waals surface area contributed by atoms with Crippen molar-refractivity contribution in [3.8, 4) is 0 Å². The van der Waals surface area contributed by atoms with E-state index in [0.717, 1.165) is 30.8 Å². The molecular weight excluding hydrogens is 342 g/mol. The Morgan fingerprint density at radius 1 is 1.22 bits per heavy atom. The lowest BCUT2D eigenvalue weighted by atomic mass is 9.77. The molecule has 1 spiro atoms. The van der Waals surface area contributed by atoms with Crippen molar-refractivity contribution in [2.45, 2.75) is 32.7 Å². The van der Waals surface area contributed by atoms with Crippen molar-refractivity contribution in [1.29, 1.82) is 0 Å². The Balaban J connectivity index is 1.39. The normalized spacial score (nSPS) is 19.1. The summed E-state index contributed by atoms with van der Waals surface area (Å²) in [5, 5.41) is 4.08. The highest BCUT2D eigenvalue weighted by Gasteiger charge is 2.45. The summed E-state index contributed by atoms with van der Waals surface area (Å²) in [6.45, 7) is 4.67. The smallest absolute Gasteiger partial charge is 0.272 e. The number of rotatable bonds is 3. The fourth-order valence-corrected chi connectivity index (χ4v) is 4.27. The molecule has 27 heavy (non-hydrogen) atoms. The van der Waals surface area contributed by atoms with Crippen LogP contribution in [0, 0.1) is 12.3 Å². The molecule has 2 aromatic rings. The monoisotopic (exact) mass is 367 g/mol. The first-order chi connectivity index (χ1) is 13.0. The number of amides is 2. The Morgan fingerprint density at radius 2 is 2.00 bits per heavy atom. The maximum atomic E-state index is 12.7. The van der Waals surface area contributed by atoms with Crippen LogP contribution >= 0.6 is 0 Å². The van der Waals surface area contributed by atoms with Crippen LogP contribution in [0.3, 0.4) is 0 Å². The van der Waals surface area contributed by atoms with E-state index in [1.165, 1.54) is 0 Å². The third-order valence-electron chi connectivity index (χ3n) is 5.86. The molecule has 2 saturated heterocycles. The van der Waals surface area contributed by atoms with Gasteiger partial charge >= 0.3 is 0 Å². The average Bonchev–Trinajstić information content (AvgIpc) is 3.19. The van der Waals surface area contributed by atoms with Crippen LogP contribution in [0.2, 0.25) is 0 Å². The molecule has 0 N–H and O–H groups in total. The number of likely N-dealkylation sites (tertiary alicyclic amines) is 2. The standard InChI is InChI=1S/C20H25N5O2/c1-15-4-3-5-16(22-15)13-25-14-20(12-18(25)26)7-10-24(11-8-20)19(27)17-6-9-21-23(17)2/h3-6,9H,7-8,10-14H2,1-2H3. The quantitative estimate of drug-likeness (QED) is 0.829. The first-order valence-electron chi connectivity index (χ1n) is 9.43. The van der Waals surface area contributed by atoms with Crippen molar-refractivity contribution in [2.24, 2.45) is 12.5 Å². The number of aromatic nitrogens is 3. The predicted molar refractivity (Wildman–Crippen MR) is 99.8 cm³/mol. The van der Waals surface area contributed by atoms with Crippen LogP contribution in [0.15, 0.2) is 30.5 Å². The highest BCUT2D eigenvalue weighted by Crippen LogP contribution is 2.41. The zero-order valence-electron chi connectivity index (χ0n) is 15.9. The van der Waals surface area contributed by atoms with Gasteiger partial charge < -0.3 is 9.80 Å². The Kier molecular flexibility index (Phi) is 4.45. The van der Waals surface area contributed by atoms with E-state index in [9.17, 15) is 9.59 Å². The Hall–Kier alpha value is -2.70. The van der Waals surface area contributed by atoms with E-state index < -0.39 is 0 Å². The number of nitrogens with zero attached hydrogens (tertiary/aromatic N) is 5. The van der Waals surface area contributed by atoms with Gasteiger partial charge in [0.25, 0.3) is 5.91 Å². The molecule has 0 radical (unpaired) electrons. The summed E-state index contributed by atoms with van der Waals surface area (Å²) in [6, 6.07) is 7.67. The van der Waals surface area contributed by atoms with Gasteiger partial charge in [-0.3, -0.25) is 19.3 Å². The van der Waals surface area contributed by atoms with Crippen LogP contribution in [0.25, 0.3) is 0 Å². The number of carbonyl (C=O) groups is 2. The van der Waals surface area contributed by atoms with Gasteiger partial charge in [0.1, 0.15) is 5.69 Å². The van der Waals surface area contributed by atoms with Gasteiger partial charge in [0.2, 0.25) is 5.91 Å². The third kappa shape index (κ3) is 3.46. The van der Waals surface area contributed by atoms with Gasteiger partial charge in [-0.25, -0.2) is 0 Å². The number of aryl methyl sites for hydroxylation is 2. The molecule has 2 aliphatic rings. The van der Waals surface area contributed by atoms with Crippen LogP contribution in [0.5, 0.6) is 0 Å². The first kappa shape index (κ1) is 17.7. The highest BCUT2D eigenvalue weighted by atomic mass is 16.2. The van der Waals surface area contributed by atoms with Gasteiger partial charge in [0.15, 0.2) is 0 Å². The molecule has 7 nitrogen and oxygen atoms in total. The molecular formula is C20H25N5O2. The maximum absolute atomic E-state index is 12.7. The minimum Gasteiger partial charge on any atom is -0.337 e. The molecule has 0 saturated carbocycles. The zero-order chi connectivity index (χ0) is 19.0. The topological polar surface area (TPSA) is 71.3 Å². The molecule has 7 heteroatoms. The molecule has 0 aliphatic carbocycles. The SMILES string of the molecule is Cc1cccc(CN2CC3(CCN(C(=O)c4ccnn4C)CC3)CC2=O)n1. The minimum atomic E-state index is -0.00977. The Bertz CT molecular complexity index is 867. The number of hydrogen-bond donors (Lipinski definition) is 0. The maximum Gasteiger partial charge on any atom is 0.272 e. The van der Waals surface area contributed by atoms with Crippen molar-refractivity contribution in [3.63, 3.8) is 0 Å². The van der Waals surface area contributed by atoms with Crippen LogP contribution in [0.4, 0.5) is 0 Å². The fraction of sp³-hybridized carbons (Fsp3) is 0.500. The number of carbonyl (C=O) groups excluding carboxylic acids is 2. The summed E-state index contributed by atoms with van der Waals surface area (Å²) in [4.78, 5) is 33.6. The molecule has 4 rings (SSSR count). The van der Waals surface area contributed by atoms with Gasteiger partial charge in [-0.2, -0.15) is 5.10 Å². The summed E-state index contributed by atoms with van der Waals surface area (Å²) in [5.74, 6) is 0.222. The van der Waals surface area contributed by atoms with Crippen molar-refractivity contribution < 1.29 is 9.59 Å². The average molecular weight is 367 g/mol. The van der Waals surface area contributed by atoms with E-state index in [1.807, 2.05) is 34.9 Å². The van der Waals surface area contributed by atoms with E-state index in [1.54, 1.807) is 24.0 Å². The molecule has 142 valence electrons. The summed E-state index contributed by atoms with van der Waals surface area (Å²) in [6.07, 6.45) is 3.94. The van der Waals surface area contributed by atoms with Crippen molar-refractivity contribution in [1.82, 2.24) is 24.6 Å². The Labute approximate surface area is 159 Å². The summed E-state index contributed by atoms with van der Waals surface area (Å²) >= 11 is 0.